The van der Waals surface area contributed by atoms with Crippen molar-refractivity contribution >= 4 is 11.8 Å². The lowest BCUT2D eigenvalue weighted by atomic mass is 9.97. The molecule has 1 aliphatic heterocycles. The Kier molecular flexibility index (Phi) is 6.74. The predicted octanol–water partition coefficient (Wildman–Crippen LogP) is 0.424. The molecule has 1 unspecified atom stereocenters. The zero-order valence-corrected chi connectivity index (χ0v) is 12.0. The fourth-order valence-electron chi connectivity index (χ4n) is 1.90. The Labute approximate surface area is 119 Å². The predicted molar refractivity (Wildman–Crippen MR) is 75.3 cm³/mol. The van der Waals surface area contributed by atoms with Gasteiger partial charge in [0.2, 0.25) is 5.91 Å². The van der Waals surface area contributed by atoms with Gasteiger partial charge in [-0.25, -0.2) is 0 Å². The van der Waals surface area contributed by atoms with Crippen LogP contribution in [0, 0.1) is 17.2 Å². The van der Waals surface area contributed by atoms with Crippen LogP contribution in [-0.4, -0.2) is 30.9 Å². The molecular weight excluding hydrogens is 256 g/mol. The first-order valence-electron chi connectivity index (χ1n) is 7.00. The highest BCUT2D eigenvalue weighted by molar-refractivity contribution is 5.97. The van der Waals surface area contributed by atoms with Crippen LogP contribution in [0.2, 0.25) is 0 Å². The number of nitrogens with zero attached hydrogens (tertiary/aromatic N) is 1. The van der Waals surface area contributed by atoms with Crippen molar-refractivity contribution in [2.24, 2.45) is 5.92 Å². The molecule has 20 heavy (non-hydrogen) atoms. The zero-order chi connectivity index (χ0) is 15.0. The van der Waals surface area contributed by atoms with E-state index in [-0.39, 0.29) is 23.4 Å². The van der Waals surface area contributed by atoms with Crippen LogP contribution in [0.1, 0.15) is 33.1 Å². The van der Waals surface area contributed by atoms with Gasteiger partial charge in [0, 0.05) is 18.2 Å². The summed E-state index contributed by atoms with van der Waals surface area (Å²) in [6.07, 6.45) is 3.55. The van der Waals surface area contributed by atoms with E-state index in [1.165, 1.54) is 6.20 Å². The fraction of sp³-hybridized carbons (Fsp3) is 0.643. The highest BCUT2D eigenvalue weighted by atomic mass is 16.2. The van der Waals surface area contributed by atoms with Crippen molar-refractivity contribution in [3.63, 3.8) is 0 Å². The highest BCUT2D eigenvalue weighted by Crippen LogP contribution is 2.11. The minimum Gasteiger partial charge on any atom is -0.349 e. The summed E-state index contributed by atoms with van der Waals surface area (Å²) < 4.78 is 0. The van der Waals surface area contributed by atoms with Crippen LogP contribution in [0.4, 0.5) is 0 Å². The lowest BCUT2D eigenvalue weighted by Crippen LogP contribution is -2.37. The molecule has 1 fully saturated rings. The molecule has 0 aromatic carbocycles. The Hall–Kier alpha value is -1.87. The normalized spacial score (nSPS) is 17.9. The summed E-state index contributed by atoms with van der Waals surface area (Å²) in [6, 6.07) is 1.81. The van der Waals surface area contributed by atoms with E-state index in [4.69, 9.17) is 5.26 Å². The molecular formula is C14H22N4O2. The molecule has 1 saturated heterocycles. The number of carbonyl (C=O) groups excluding carboxylic acids is 2. The van der Waals surface area contributed by atoms with E-state index in [9.17, 15) is 9.59 Å². The molecule has 3 N–H and O–H groups in total. The van der Waals surface area contributed by atoms with Gasteiger partial charge in [-0.3, -0.25) is 9.59 Å². The second-order valence-electron chi connectivity index (χ2n) is 4.99. The maximum atomic E-state index is 11.9. The van der Waals surface area contributed by atoms with E-state index in [1.807, 2.05) is 19.9 Å². The largest absolute Gasteiger partial charge is 0.349 e. The maximum absolute atomic E-state index is 11.9. The molecule has 1 atom stereocenters. The molecule has 0 bridgehead atoms. The Balaban J connectivity index is 2.54. The van der Waals surface area contributed by atoms with Gasteiger partial charge in [0.1, 0.15) is 11.6 Å². The topological polar surface area (TPSA) is 94.0 Å². The number of amides is 2. The van der Waals surface area contributed by atoms with E-state index in [2.05, 4.69) is 16.0 Å². The molecule has 110 valence electrons. The van der Waals surface area contributed by atoms with Crippen molar-refractivity contribution in [3.8, 4) is 6.07 Å². The molecule has 6 nitrogen and oxygen atoms in total. The first-order chi connectivity index (χ1) is 9.58. The molecule has 6 heteroatoms. The SMILES string of the molecule is CCC(C)NC(=O)/C(C#N)=C\NC(=O)C1CCNCC1. The summed E-state index contributed by atoms with van der Waals surface area (Å²) in [6.45, 7) is 5.45. The van der Waals surface area contributed by atoms with Crippen molar-refractivity contribution in [2.75, 3.05) is 13.1 Å². The van der Waals surface area contributed by atoms with Crippen molar-refractivity contribution in [3.05, 3.63) is 11.8 Å². The molecule has 1 aliphatic rings. The number of piperidine rings is 1. The smallest absolute Gasteiger partial charge is 0.263 e. The Morgan fingerprint density at radius 2 is 2.10 bits per heavy atom. The molecule has 1 rings (SSSR count). The van der Waals surface area contributed by atoms with Gasteiger partial charge in [0.05, 0.1) is 0 Å². The number of nitriles is 1. The number of hydrogen-bond acceptors (Lipinski definition) is 4. The molecule has 0 aliphatic carbocycles. The lowest BCUT2D eigenvalue weighted by molar-refractivity contribution is -0.124. The molecule has 1 heterocycles. The quantitative estimate of drug-likeness (QED) is 0.502. The maximum Gasteiger partial charge on any atom is 0.263 e. The summed E-state index contributed by atoms with van der Waals surface area (Å²) in [5.74, 6) is -0.631. The number of nitrogens with one attached hydrogen (secondary N) is 3. The fourth-order valence-corrected chi connectivity index (χ4v) is 1.90. The van der Waals surface area contributed by atoms with E-state index in [0.717, 1.165) is 32.4 Å². The third kappa shape index (κ3) is 5.02. The van der Waals surface area contributed by atoms with Gasteiger partial charge in [-0.1, -0.05) is 6.92 Å². The number of carbonyl (C=O) groups is 2. The number of hydrogen-bond donors (Lipinski definition) is 3. The minimum atomic E-state index is -0.451. The van der Waals surface area contributed by atoms with Crippen molar-refractivity contribution in [2.45, 2.75) is 39.2 Å². The van der Waals surface area contributed by atoms with Crippen LogP contribution >= 0.6 is 0 Å². The monoisotopic (exact) mass is 278 g/mol. The van der Waals surface area contributed by atoms with E-state index in [0.29, 0.717) is 0 Å². The van der Waals surface area contributed by atoms with Crippen LogP contribution in [0.25, 0.3) is 0 Å². The van der Waals surface area contributed by atoms with Crippen LogP contribution < -0.4 is 16.0 Å². The van der Waals surface area contributed by atoms with Gasteiger partial charge in [0.25, 0.3) is 5.91 Å². The summed E-state index contributed by atoms with van der Waals surface area (Å²) in [5.41, 5.74) is -0.0763. The molecule has 0 spiro atoms. The van der Waals surface area contributed by atoms with Gasteiger partial charge in [-0.2, -0.15) is 5.26 Å². The van der Waals surface area contributed by atoms with E-state index >= 15 is 0 Å². The highest BCUT2D eigenvalue weighted by Gasteiger charge is 2.20. The third-order valence-electron chi connectivity index (χ3n) is 3.42. The standard InChI is InChI=1S/C14H22N4O2/c1-3-10(2)18-14(20)12(8-15)9-17-13(19)11-4-6-16-7-5-11/h9-11,16H,3-7H2,1-2H3,(H,17,19)(H,18,20)/b12-9-. The van der Waals surface area contributed by atoms with Gasteiger partial charge in [-0.15, -0.1) is 0 Å². The zero-order valence-electron chi connectivity index (χ0n) is 12.0. The van der Waals surface area contributed by atoms with Gasteiger partial charge in [-0.05, 0) is 39.3 Å². The Morgan fingerprint density at radius 3 is 2.65 bits per heavy atom. The average Bonchev–Trinajstić information content (AvgIpc) is 2.48. The van der Waals surface area contributed by atoms with Crippen LogP contribution in [0.3, 0.4) is 0 Å². The van der Waals surface area contributed by atoms with Gasteiger partial charge >= 0.3 is 0 Å². The van der Waals surface area contributed by atoms with E-state index in [1.54, 1.807) is 0 Å². The van der Waals surface area contributed by atoms with E-state index < -0.39 is 5.91 Å². The average molecular weight is 278 g/mol. The lowest BCUT2D eigenvalue weighted by Gasteiger charge is -2.20. The third-order valence-corrected chi connectivity index (χ3v) is 3.42. The summed E-state index contributed by atoms with van der Waals surface area (Å²) in [4.78, 5) is 23.7. The van der Waals surface area contributed by atoms with Crippen molar-refractivity contribution < 1.29 is 9.59 Å². The molecule has 0 radical (unpaired) electrons. The van der Waals surface area contributed by atoms with Crippen LogP contribution in [0.5, 0.6) is 0 Å². The molecule has 0 saturated carbocycles. The van der Waals surface area contributed by atoms with Gasteiger partial charge in [0.15, 0.2) is 0 Å². The Bertz CT molecular complexity index is 419. The number of rotatable bonds is 5. The van der Waals surface area contributed by atoms with Crippen molar-refractivity contribution in [1.82, 2.24) is 16.0 Å². The second-order valence-corrected chi connectivity index (χ2v) is 4.99. The summed E-state index contributed by atoms with van der Waals surface area (Å²) >= 11 is 0. The minimum absolute atomic E-state index is 0.000583. The molecule has 2 amide bonds. The summed E-state index contributed by atoms with van der Waals surface area (Å²) in [7, 11) is 0. The molecule has 0 aromatic heterocycles. The van der Waals surface area contributed by atoms with Crippen LogP contribution in [0.15, 0.2) is 11.8 Å². The van der Waals surface area contributed by atoms with Crippen LogP contribution in [-0.2, 0) is 9.59 Å². The van der Waals surface area contributed by atoms with Gasteiger partial charge < -0.3 is 16.0 Å². The van der Waals surface area contributed by atoms with Crippen molar-refractivity contribution in [1.29, 1.82) is 5.26 Å². The second kappa shape index (κ2) is 8.33. The first-order valence-corrected chi connectivity index (χ1v) is 7.00. The first kappa shape index (κ1) is 16.2. The Morgan fingerprint density at radius 1 is 1.45 bits per heavy atom. The summed E-state index contributed by atoms with van der Waals surface area (Å²) in [5, 5.41) is 17.4. The molecule has 0 aromatic rings.